The SMILES string of the molecule is O=C(C[C@@H]1O[C@H](CNC(=O)c2ccco2)[C@@H](O)[C@H]1O)Nc1ccccc1. The molecule has 0 bridgehead atoms. The second kappa shape index (κ2) is 8.13. The van der Waals surface area contributed by atoms with Gasteiger partial charge in [0.15, 0.2) is 5.76 Å². The van der Waals surface area contributed by atoms with Crippen molar-refractivity contribution < 1.29 is 29.0 Å². The first-order valence-corrected chi connectivity index (χ1v) is 8.23. The molecular formula is C18H20N2O6. The minimum absolute atomic E-state index is 0.0193. The van der Waals surface area contributed by atoms with Crippen LogP contribution in [0.15, 0.2) is 53.1 Å². The summed E-state index contributed by atoms with van der Waals surface area (Å²) in [6, 6.07) is 12.0. The summed E-state index contributed by atoms with van der Waals surface area (Å²) in [4.78, 5) is 23.9. The Morgan fingerprint density at radius 2 is 1.73 bits per heavy atom. The van der Waals surface area contributed by atoms with Crippen LogP contribution in [0.3, 0.4) is 0 Å². The largest absolute Gasteiger partial charge is 0.459 e. The van der Waals surface area contributed by atoms with Gasteiger partial charge in [-0.15, -0.1) is 0 Å². The molecule has 0 aliphatic carbocycles. The van der Waals surface area contributed by atoms with Gasteiger partial charge in [0.25, 0.3) is 5.91 Å². The summed E-state index contributed by atoms with van der Waals surface area (Å²) in [5.74, 6) is -0.657. The molecule has 0 unspecified atom stereocenters. The third kappa shape index (κ3) is 4.29. The Morgan fingerprint density at radius 1 is 1.00 bits per heavy atom. The average Bonchev–Trinajstić information content (AvgIpc) is 3.26. The highest BCUT2D eigenvalue weighted by atomic mass is 16.5. The third-order valence-corrected chi connectivity index (χ3v) is 4.11. The van der Waals surface area contributed by atoms with Gasteiger partial charge in [0, 0.05) is 12.2 Å². The quantitative estimate of drug-likeness (QED) is 0.596. The van der Waals surface area contributed by atoms with Crippen molar-refractivity contribution in [3.63, 3.8) is 0 Å². The molecule has 1 aromatic carbocycles. The fourth-order valence-electron chi connectivity index (χ4n) is 2.77. The van der Waals surface area contributed by atoms with Crippen LogP contribution < -0.4 is 10.6 Å². The molecule has 138 valence electrons. The molecule has 2 heterocycles. The standard InChI is InChI=1S/C18H20N2O6/c21-15(20-11-5-2-1-3-6-11)9-13-16(22)17(23)14(26-13)10-19-18(24)12-7-4-8-25-12/h1-8,13-14,16-17,22-23H,9-10H2,(H,19,24)(H,20,21)/t13-,14+,16-,17+/m0/s1. The zero-order valence-electron chi connectivity index (χ0n) is 13.9. The van der Waals surface area contributed by atoms with Crippen LogP contribution in [0.4, 0.5) is 5.69 Å². The number of furan rings is 1. The molecule has 0 saturated carbocycles. The zero-order valence-corrected chi connectivity index (χ0v) is 13.9. The summed E-state index contributed by atoms with van der Waals surface area (Å²) < 4.78 is 10.5. The molecule has 1 fully saturated rings. The van der Waals surface area contributed by atoms with E-state index >= 15 is 0 Å². The van der Waals surface area contributed by atoms with Crippen LogP contribution in [0.2, 0.25) is 0 Å². The first-order valence-electron chi connectivity index (χ1n) is 8.23. The molecule has 8 nitrogen and oxygen atoms in total. The van der Waals surface area contributed by atoms with E-state index in [4.69, 9.17) is 9.15 Å². The first kappa shape index (κ1) is 18.1. The summed E-state index contributed by atoms with van der Waals surface area (Å²) >= 11 is 0. The number of anilines is 1. The van der Waals surface area contributed by atoms with E-state index in [2.05, 4.69) is 10.6 Å². The summed E-state index contributed by atoms with van der Waals surface area (Å²) in [6.45, 7) is -0.0193. The topological polar surface area (TPSA) is 121 Å². The number of carbonyl (C=O) groups is 2. The van der Waals surface area contributed by atoms with Crippen molar-refractivity contribution in [2.45, 2.75) is 30.8 Å². The molecule has 4 atom stereocenters. The number of carbonyl (C=O) groups excluding carboxylic acids is 2. The number of aliphatic hydroxyl groups is 2. The minimum Gasteiger partial charge on any atom is -0.459 e. The Kier molecular flexibility index (Phi) is 5.67. The van der Waals surface area contributed by atoms with Gasteiger partial charge < -0.3 is 30.0 Å². The Morgan fingerprint density at radius 3 is 2.42 bits per heavy atom. The lowest BCUT2D eigenvalue weighted by atomic mass is 10.1. The van der Waals surface area contributed by atoms with E-state index in [9.17, 15) is 19.8 Å². The van der Waals surface area contributed by atoms with Crippen molar-refractivity contribution in [2.24, 2.45) is 0 Å². The lowest BCUT2D eigenvalue weighted by Gasteiger charge is -2.14. The van der Waals surface area contributed by atoms with E-state index in [1.165, 1.54) is 12.3 Å². The number of aliphatic hydroxyl groups excluding tert-OH is 2. The highest BCUT2D eigenvalue weighted by Gasteiger charge is 2.43. The van der Waals surface area contributed by atoms with Crippen molar-refractivity contribution in [3.8, 4) is 0 Å². The van der Waals surface area contributed by atoms with Crippen molar-refractivity contribution >= 4 is 17.5 Å². The number of para-hydroxylation sites is 1. The first-order chi connectivity index (χ1) is 12.5. The maximum absolute atomic E-state index is 12.1. The van der Waals surface area contributed by atoms with E-state index in [1.54, 1.807) is 30.3 Å². The molecule has 2 amide bonds. The second-order valence-corrected chi connectivity index (χ2v) is 6.00. The Bertz CT molecular complexity index is 733. The van der Waals surface area contributed by atoms with Gasteiger partial charge in [-0.1, -0.05) is 18.2 Å². The number of nitrogens with one attached hydrogen (secondary N) is 2. The molecule has 1 saturated heterocycles. The molecule has 4 N–H and O–H groups in total. The van der Waals surface area contributed by atoms with E-state index in [1.807, 2.05) is 6.07 Å². The van der Waals surface area contributed by atoms with Gasteiger partial charge in [-0.2, -0.15) is 0 Å². The van der Waals surface area contributed by atoms with E-state index in [0.717, 1.165) is 0 Å². The van der Waals surface area contributed by atoms with Crippen LogP contribution >= 0.6 is 0 Å². The lowest BCUT2D eigenvalue weighted by molar-refractivity contribution is -0.120. The maximum Gasteiger partial charge on any atom is 0.287 e. The Hall–Kier alpha value is -2.68. The Labute approximate surface area is 149 Å². The van der Waals surface area contributed by atoms with Crippen LogP contribution in [0, 0.1) is 0 Å². The van der Waals surface area contributed by atoms with Gasteiger partial charge in [0.2, 0.25) is 5.91 Å². The van der Waals surface area contributed by atoms with Crippen molar-refractivity contribution in [1.82, 2.24) is 5.32 Å². The number of benzene rings is 1. The van der Waals surface area contributed by atoms with E-state index in [0.29, 0.717) is 5.69 Å². The summed E-state index contributed by atoms with van der Waals surface area (Å²) in [7, 11) is 0. The molecule has 8 heteroatoms. The van der Waals surface area contributed by atoms with Crippen LogP contribution in [0.25, 0.3) is 0 Å². The molecule has 26 heavy (non-hydrogen) atoms. The van der Waals surface area contributed by atoms with E-state index in [-0.39, 0.29) is 24.6 Å². The molecule has 1 aliphatic heterocycles. The number of ether oxygens (including phenoxy) is 1. The number of hydrogen-bond acceptors (Lipinski definition) is 6. The van der Waals surface area contributed by atoms with Gasteiger partial charge >= 0.3 is 0 Å². The van der Waals surface area contributed by atoms with Gasteiger partial charge in [0.05, 0.1) is 18.8 Å². The fourth-order valence-corrected chi connectivity index (χ4v) is 2.77. The minimum atomic E-state index is -1.22. The predicted molar refractivity (Wildman–Crippen MR) is 91.4 cm³/mol. The number of rotatable bonds is 6. The second-order valence-electron chi connectivity index (χ2n) is 6.00. The van der Waals surface area contributed by atoms with Gasteiger partial charge in [-0.05, 0) is 24.3 Å². The maximum atomic E-state index is 12.1. The molecule has 2 aromatic rings. The normalized spacial score (nSPS) is 25.0. The van der Waals surface area contributed by atoms with Crippen molar-refractivity contribution in [3.05, 3.63) is 54.5 Å². The van der Waals surface area contributed by atoms with Crippen molar-refractivity contribution in [2.75, 3.05) is 11.9 Å². The lowest BCUT2D eigenvalue weighted by Crippen LogP contribution is -2.39. The van der Waals surface area contributed by atoms with E-state index < -0.39 is 30.3 Å². The Balaban J connectivity index is 1.50. The highest BCUT2D eigenvalue weighted by Crippen LogP contribution is 2.24. The smallest absolute Gasteiger partial charge is 0.287 e. The zero-order chi connectivity index (χ0) is 18.5. The van der Waals surface area contributed by atoms with Gasteiger partial charge in [-0.3, -0.25) is 9.59 Å². The molecule has 1 aromatic heterocycles. The highest BCUT2D eigenvalue weighted by molar-refractivity contribution is 5.91. The molecule has 0 radical (unpaired) electrons. The van der Waals surface area contributed by atoms with Crippen LogP contribution in [0.5, 0.6) is 0 Å². The van der Waals surface area contributed by atoms with Gasteiger partial charge in [0.1, 0.15) is 18.3 Å². The third-order valence-electron chi connectivity index (χ3n) is 4.11. The monoisotopic (exact) mass is 360 g/mol. The molecule has 1 aliphatic rings. The number of amides is 2. The van der Waals surface area contributed by atoms with Crippen LogP contribution in [-0.4, -0.2) is 53.0 Å². The fraction of sp³-hybridized carbons (Fsp3) is 0.333. The summed E-state index contributed by atoms with van der Waals surface area (Å²) in [5.41, 5.74) is 0.632. The molecular weight excluding hydrogens is 340 g/mol. The molecule has 3 rings (SSSR count). The summed E-state index contributed by atoms with van der Waals surface area (Å²) in [6.07, 6.45) is -2.85. The summed E-state index contributed by atoms with van der Waals surface area (Å²) in [5, 5.41) is 25.5. The number of hydrogen-bond donors (Lipinski definition) is 4. The van der Waals surface area contributed by atoms with Crippen LogP contribution in [0.1, 0.15) is 17.0 Å². The van der Waals surface area contributed by atoms with Gasteiger partial charge in [-0.25, -0.2) is 0 Å². The molecule has 0 spiro atoms. The van der Waals surface area contributed by atoms with Crippen molar-refractivity contribution in [1.29, 1.82) is 0 Å². The average molecular weight is 360 g/mol. The predicted octanol–water partition coefficient (Wildman–Crippen LogP) is 0.527. The van der Waals surface area contributed by atoms with Crippen LogP contribution in [-0.2, 0) is 9.53 Å².